The molecule has 5 heteroatoms. The Hall–Kier alpha value is -1.62. The van der Waals surface area contributed by atoms with Crippen LogP contribution >= 0.6 is 12.2 Å². The van der Waals surface area contributed by atoms with Crippen molar-refractivity contribution in [3.63, 3.8) is 0 Å². The second-order valence-corrected chi connectivity index (χ2v) is 4.24. The van der Waals surface area contributed by atoms with Crippen LogP contribution in [0.2, 0.25) is 0 Å². The molecule has 0 fully saturated rings. The fraction of sp³-hybridized carbons (Fsp3) is 0.385. The van der Waals surface area contributed by atoms with Crippen LogP contribution in [-0.4, -0.2) is 24.2 Å². The summed E-state index contributed by atoms with van der Waals surface area (Å²) in [6, 6.07) is 8.17. The van der Waals surface area contributed by atoms with E-state index in [1.54, 1.807) is 6.92 Å². The lowest BCUT2D eigenvalue weighted by atomic mass is 10.1. The van der Waals surface area contributed by atoms with Crippen molar-refractivity contribution in [2.75, 3.05) is 13.2 Å². The minimum absolute atomic E-state index is 0.0908. The van der Waals surface area contributed by atoms with Crippen LogP contribution in [0, 0.1) is 6.92 Å². The van der Waals surface area contributed by atoms with E-state index in [1.807, 2.05) is 31.2 Å². The number of carbonyl (C=O) groups is 1. The van der Waals surface area contributed by atoms with Gasteiger partial charge in [-0.2, -0.15) is 0 Å². The molecule has 0 amide bonds. The summed E-state index contributed by atoms with van der Waals surface area (Å²) in [7, 11) is 0. The van der Waals surface area contributed by atoms with E-state index in [2.05, 4.69) is 10.6 Å². The molecule has 0 radical (unpaired) electrons. The molecule has 0 unspecified atom stereocenters. The summed E-state index contributed by atoms with van der Waals surface area (Å²) in [6.07, 6.45) is 0. The van der Waals surface area contributed by atoms with Gasteiger partial charge in [0.05, 0.1) is 6.61 Å². The number of ether oxygens (including phenoxy) is 1. The molecule has 1 rings (SSSR count). The van der Waals surface area contributed by atoms with Gasteiger partial charge >= 0.3 is 5.97 Å². The van der Waals surface area contributed by atoms with Gasteiger partial charge in [0.1, 0.15) is 6.54 Å². The summed E-state index contributed by atoms with van der Waals surface area (Å²) in [5.74, 6) is -0.308. The van der Waals surface area contributed by atoms with E-state index in [4.69, 9.17) is 17.0 Å². The van der Waals surface area contributed by atoms with E-state index < -0.39 is 0 Å². The van der Waals surface area contributed by atoms with E-state index in [0.717, 1.165) is 5.56 Å². The van der Waals surface area contributed by atoms with E-state index in [1.165, 1.54) is 5.56 Å². The van der Waals surface area contributed by atoms with E-state index in [0.29, 0.717) is 18.3 Å². The third kappa shape index (κ3) is 5.63. The second-order valence-electron chi connectivity index (χ2n) is 3.83. The molecular formula is C13H18N2O2S. The number of nitrogens with one attached hydrogen (secondary N) is 2. The number of esters is 1. The van der Waals surface area contributed by atoms with Crippen molar-refractivity contribution >= 4 is 23.3 Å². The fourth-order valence-electron chi connectivity index (χ4n) is 1.32. The van der Waals surface area contributed by atoms with Crippen LogP contribution in [0.4, 0.5) is 0 Å². The Labute approximate surface area is 113 Å². The molecule has 1 aromatic rings. The molecule has 0 aliphatic carbocycles. The first-order valence-corrected chi connectivity index (χ1v) is 6.25. The predicted molar refractivity (Wildman–Crippen MR) is 75.3 cm³/mol. The van der Waals surface area contributed by atoms with Crippen LogP contribution in [0.15, 0.2) is 24.3 Å². The number of thiocarbonyl (C=S) groups is 1. The first-order chi connectivity index (χ1) is 8.61. The highest BCUT2D eigenvalue weighted by Gasteiger charge is 2.02. The average Bonchev–Trinajstić information content (AvgIpc) is 2.36. The lowest BCUT2D eigenvalue weighted by Crippen LogP contribution is -2.38. The van der Waals surface area contributed by atoms with Crippen molar-refractivity contribution in [2.45, 2.75) is 20.4 Å². The highest BCUT2D eigenvalue weighted by atomic mass is 32.1. The van der Waals surface area contributed by atoms with Gasteiger partial charge in [0.15, 0.2) is 5.11 Å². The van der Waals surface area contributed by atoms with Crippen molar-refractivity contribution < 1.29 is 9.53 Å². The Balaban J connectivity index is 2.24. The summed E-state index contributed by atoms with van der Waals surface area (Å²) in [6.45, 7) is 4.92. The molecule has 0 heterocycles. The molecule has 0 bridgehead atoms. The molecule has 0 saturated heterocycles. The molecule has 98 valence electrons. The summed E-state index contributed by atoms with van der Waals surface area (Å²) in [5, 5.41) is 6.27. The van der Waals surface area contributed by atoms with Gasteiger partial charge in [-0.15, -0.1) is 0 Å². The number of hydrogen-bond donors (Lipinski definition) is 2. The maximum Gasteiger partial charge on any atom is 0.325 e. The van der Waals surface area contributed by atoms with Crippen LogP contribution in [0.25, 0.3) is 0 Å². The predicted octanol–water partition coefficient (Wildman–Crippen LogP) is 1.52. The maximum absolute atomic E-state index is 11.1. The van der Waals surface area contributed by atoms with Crippen molar-refractivity contribution in [3.8, 4) is 0 Å². The lowest BCUT2D eigenvalue weighted by Gasteiger charge is -2.10. The minimum Gasteiger partial charge on any atom is -0.465 e. The van der Waals surface area contributed by atoms with Gasteiger partial charge in [-0.25, -0.2) is 0 Å². The number of rotatable bonds is 5. The molecule has 0 aromatic heterocycles. The zero-order valence-corrected chi connectivity index (χ0v) is 11.5. The molecule has 0 aliphatic heterocycles. The fourth-order valence-corrected chi connectivity index (χ4v) is 1.46. The van der Waals surface area contributed by atoms with Crippen LogP contribution in [-0.2, 0) is 16.1 Å². The third-order valence-electron chi connectivity index (χ3n) is 2.27. The topological polar surface area (TPSA) is 50.4 Å². The zero-order valence-electron chi connectivity index (χ0n) is 10.7. The molecule has 1 aromatic carbocycles. The normalized spacial score (nSPS) is 9.67. The molecule has 4 nitrogen and oxygen atoms in total. The molecule has 0 aliphatic rings. The number of hydrogen-bond acceptors (Lipinski definition) is 3. The first-order valence-electron chi connectivity index (χ1n) is 5.84. The van der Waals surface area contributed by atoms with Crippen LogP contribution in [0.5, 0.6) is 0 Å². The van der Waals surface area contributed by atoms with Crippen LogP contribution in [0.3, 0.4) is 0 Å². The van der Waals surface area contributed by atoms with Gasteiger partial charge in [0, 0.05) is 6.54 Å². The molecule has 0 spiro atoms. The highest BCUT2D eigenvalue weighted by molar-refractivity contribution is 7.80. The van der Waals surface area contributed by atoms with Gasteiger partial charge in [0.2, 0.25) is 0 Å². The molecule has 0 saturated carbocycles. The first kappa shape index (κ1) is 14.4. The largest absolute Gasteiger partial charge is 0.465 e. The Morgan fingerprint density at radius 1 is 1.28 bits per heavy atom. The number of carbonyl (C=O) groups excluding carboxylic acids is 1. The third-order valence-corrected chi connectivity index (χ3v) is 2.56. The van der Waals surface area contributed by atoms with E-state index in [-0.39, 0.29) is 12.5 Å². The summed E-state index contributed by atoms with van der Waals surface area (Å²) in [4.78, 5) is 11.1. The second kappa shape index (κ2) is 7.66. The highest BCUT2D eigenvalue weighted by Crippen LogP contribution is 2.02. The maximum atomic E-state index is 11.1. The van der Waals surface area contributed by atoms with E-state index >= 15 is 0 Å². The van der Waals surface area contributed by atoms with Crippen molar-refractivity contribution in [3.05, 3.63) is 35.4 Å². The lowest BCUT2D eigenvalue weighted by molar-refractivity contribution is -0.141. The summed E-state index contributed by atoms with van der Waals surface area (Å²) in [5.41, 5.74) is 2.36. The van der Waals surface area contributed by atoms with Crippen LogP contribution in [0.1, 0.15) is 18.1 Å². The molecule has 2 N–H and O–H groups in total. The van der Waals surface area contributed by atoms with Crippen molar-refractivity contribution in [1.29, 1.82) is 0 Å². The standard InChI is InChI=1S/C13H18N2O2S/c1-3-17-12(16)9-15-13(18)14-8-11-6-4-10(2)5-7-11/h4-7H,3,8-9H2,1-2H3,(H2,14,15,18). The van der Waals surface area contributed by atoms with Gasteiger partial charge in [-0.1, -0.05) is 29.8 Å². The number of benzene rings is 1. The van der Waals surface area contributed by atoms with Crippen molar-refractivity contribution in [2.24, 2.45) is 0 Å². The SMILES string of the molecule is CCOC(=O)CNC(=S)NCc1ccc(C)cc1. The van der Waals surface area contributed by atoms with E-state index in [9.17, 15) is 4.79 Å². The zero-order chi connectivity index (χ0) is 13.4. The smallest absolute Gasteiger partial charge is 0.325 e. The monoisotopic (exact) mass is 266 g/mol. The Bertz CT molecular complexity index is 404. The Morgan fingerprint density at radius 2 is 1.94 bits per heavy atom. The number of aryl methyl sites for hydroxylation is 1. The van der Waals surface area contributed by atoms with Crippen molar-refractivity contribution in [1.82, 2.24) is 10.6 Å². The van der Waals surface area contributed by atoms with Gasteiger partial charge in [-0.3, -0.25) is 4.79 Å². The van der Waals surface area contributed by atoms with Gasteiger partial charge in [0.25, 0.3) is 0 Å². The van der Waals surface area contributed by atoms with Gasteiger partial charge in [-0.05, 0) is 31.6 Å². The van der Waals surface area contributed by atoms with Gasteiger partial charge < -0.3 is 15.4 Å². The minimum atomic E-state index is -0.308. The molecular weight excluding hydrogens is 248 g/mol. The summed E-state index contributed by atoms with van der Waals surface area (Å²) >= 11 is 5.05. The molecule has 0 atom stereocenters. The Kier molecular flexibility index (Phi) is 6.14. The average molecular weight is 266 g/mol. The Morgan fingerprint density at radius 3 is 2.56 bits per heavy atom. The quantitative estimate of drug-likeness (QED) is 0.625. The molecule has 18 heavy (non-hydrogen) atoms. The van der Waals surface area contributed by atoms with Crippen LogP contribution < -0.4 is 10.6 Å². The summed E-state index contributed by atoms with van der Waals surface area (Å²) < 4.78 is 4.78.